The lowest BCUT2D eigenvalue weighted by Crippen LogP contribution is -2.32. The Morgan fingerprint density at radius 3 is 2.48 bits per heavy atom. The van der Waals surface area contributed by atoms with Gasteiger partial charge in [0.15, 0.2) is 0 Å². The zero-order valence-corrected chi connectivity index (χ0v) is 16.8. The standard InChI is InChI=1S/C23H26N2O4/c1-24(2)13-8-14-29-23(28)19-11-6-7-12-20(19)25-21(26)16-18(22(25)27)15-17-9-4-3-5-10-17/h3-7,9-12,18H,8,13-16H2,1-2H3. The second-order valence-electron chi connectivity index (χ2n) is 7.47. The van der Waals surface area contributed by atoms with Crippen LogP contribution >= 0.6 is 0 Å². The maximum absolute atomic E-state index is 13.0. The molecule has 1 saturated heterocycles. The summed E-state index contributed by atoms with van der Waals surface area (Å²) in [6.45, 7) is 1.09. The molecule has 0 spiro atoms. The minimum absolute atomic E-state index is 0.139. The first-order valence-corrected chi connectivity index (χ1v) is 9.79. The fraction of sp³-hybridized carbons (Fsp3) is 0.348. The Labute approximate surface area is 171 Å². The normalized spacial score (nSPS) is 16.5. The van der Waals surface area contributed by atoms with E-state index in [2.05, 4.69) is 0 Å². The van der Waals surface area contributed by atoms with Gasteiger partial charge in [0.2, 0.25) is 11.8 Å². The van der Waals surface area contributed by atoms with Crippen molar-refractivity contribution in [2.45, 2.75) is 19.3 Å². The summed E-state index contributed by atoms with van der Waals surface area (Å²) in [5.41, 5.74) is 1.55. The number of amides is 2. The SMILES string of the molecule is CN(C)CCCOC(=O)c1ccccc1N1C(=O)CC(Cc2ccccc2)C1=O. The molecular weight excluding hydrogens is 368 g/mol. The van der Waals surface area contributed by atoms with Gasteiger partial charge in [0.1, 0.15) is 0 Å². The number of carbonyl (C=O) groups excluding carboxylic acids is 3. The minimum Gasteiger partial charge on any atom is -0.462 e. The summed E-state index contributed by atoms with van der Waals surface area (Å²) in [7, 11) is 3.90. The fourth-order valence-electron chi connectivity index (χ4n) is 3.47. The predicted octanol–water partition coefficient (Wildman–Crippen LogP) is 2.92. The highest BCUT2D eigenvalue weighted by atomic mass is 16.5. The summed E-state index contributed by atoms with van der Waals surface area (Å²) in [6, 6.07) is 16.3. The van der Waals surface area contributed by atoms with Crippen LogP contribution in [0.1, 0.15) is 28.8 Å². The average molecular weight is 394 g/mol. The van der Waals surface area contributed by atoms with E-state index in [0.717, 1.165) is 17.0 Å². The summed E-state index contributed by atoms with van der Waals surface area (Å²) < 4.78 is 5.36. The summed E-state index contributed by atoms with van der Waals surface area (Å²) >= 11 is 0. The molecule has 1 fully saturated rings. The van der Waals surface area contributed by atoms with Crippen molar-refractivity contribution in [2.75, 3.05) is 32.1 Å². The van der Waals surface area contributed by atoms with Gasteiger partial charge < -0.3 is 9.64 Å². The van der Waals surface area contributed by atoms with Gasteiger partial charge in [-0.05, 0) is 44.6 Å². The van der Waals surface area contributed by atoms with E-state index in [-0.39, 0.29) is 30.4 Å². The van der Waals surface area contributed by atoms with Crippen LogP contribution in [0.2, 0.25) is 0 Å². The van der Waals surface area contributed by atoms with Crippen LogP contribution in [-0.4, -0.2) is 49.9 Å². The molecule has 0 saturated carbocycles. The van der Waals surface area contributed by atoms with Crippen LogP contribution in [0.3, 0.4) is 0 Å². The lowest BCUT2D eigenvalue weighted by molar-refractivity contribution is -0.122. The first-order valence-electron chi connectivity index (χ1n) is 9.79. The smallest absolute Gasteiger partial charge is 0.340 e. The van der Waals surface area contributed by atoms with Crippen LogP contribution in [0.5, 0.6) is 0 Å². The molecule has 1 aliphatic heterocycles. The molecule has 2 aromatic rings. The van der Waals surface area contributed by atoms with E-state index in [4.69, 9.17) is 4.74 Å². The zero-order chi connectivity index (χ0) is 20.8. The quantitative estimate of drug-likeness (QED) is 0.391. The van der Waals surface area contributed by atoms with E-state index in [1.807, 2.05) is 49.3 Å². The largest absolute Gasteiger partial charge is 0.462 e. The Morgan fingerprint density at radius 2 is 1.76 bits per heavy atom. The number of ether oxygens (including phenoxy) is 1. The fourth-order valence-corrected chi connectivity index (χ4v) is 3.47. The zero-order valence-electron chi connectivity index (χ0n) is 16.8. The number of hydrogen-bond donors (Lipinski definition) is 0. The number of carbonyl (C=O) groups is 3. The lowest BCUT2D eigenvalue weighted by atomic mass is 9.98. The molecule has 3 rings (SSSR count). The Hall–Kier alpha value is -2.99. The van der Waals surface area contributed by atoms with Crippen LogP contribution in [0.25, 0.3) is 0 Å². The van der Waals surface area contributed by atoms with Crippen molar-refractivity contribution >= 4 is 23.5 Å². The summed E-state index contributed by atoms with van der Waals surface area (Å²) in [6.07, 6.45) is 1.35. The van der Waals surface area contributed by atoms with Gasteiger partial charge >= 0.3 is 5.97 Å². The van der Waals surface area contributed by atoms with Crippen molar-refractivity contribution in [1.82, 2.24) is 4.90 Å². The number of rotatable bonds is 8. The molecule has 1 unspecified atom stereocenters. The van der Waals surface area contributed by atoms with Gasteiger partial charge in [-0.1, -0.05) is 42.5 Å². The Balaban J connectivity index is 1.74. The topological polar surface area (TPSA) is 66.9 Å². The highest BCUT2D eigenvalue weighted by Crippen LogP contribution is 2.31. The molecule has 29 heavy (non-hydrogen) atoms. The number of hydrogen-bond acceptors (Lipinski definition) is 5. The third-order valence-electron chi connectivity index (χ3n) is 4.91. The summed E-state index contributed by atoms with van der Waals surface area (Å²) in [4.78, 5) is 41.3. The van der Waals surface area contributed by atoms with E-state index in [0.29, 0.717) is 18.5 Å². The second kappa shape index (κ2) is 9.47. The molecule has 0 N–H and O–H groups in total. The van der Waals surface area contributed by atoms with Crippen LogP contribution in [-0.2, 0) is 20.7 Å². The molecule has 152 valence electrons. The molecule has 0 aromatic heterocycles. The maximum atomic E-state index is 13.0. The lowest BCUT2D eigenvalue weighted by Gasteiger charge is -2.18. The monoisotopic (exact) mass is 394 g/mol. The van der Waals surface area contributed by atoms with Gasteiger partial charge in [-0.2, -0.15) is 0 Å². The number of esters is 1. The van der Waals surface area contributed by atoms with Gasteiger partial charge in [0.25, 0.3) is 0 Å². The van der Waals surface area contributed by atoms with Crippen molar-refractivity contribution in [3.8, 4) is 0 Å². The molecule has 0 bridgehead atoms. The van der Waals surface area contributed by atoms with E-state index >= 15 is 0 Å². The Kier molecular flexibility index (Phi) is 6.77. The van der Waals surface area contributed by atoms with Crippen molar-refractivity contribution in [3.05, 3.63) is 65.7 Å². The molecule has 2 aromatic carbocycles. The van der Waals surface area contributed by atoms with E-state index < -0.39 is 11.9 Å². The molecule has 0 aliphatic carbocycles. The van der Waals surface area contributed by atoms with E-state index in [1.165, 1.54) is 0 Å². The summed E-state index contributed by atoms with van der Waals surface area (Å²) in [5, 5.41) is 0. The Bertz CT molecular complexity index is 879. The van der Waals surface area contributed by atoms with Crippen molar-refractivity contribution in [1.29, 1.82) is 0 Å². The van der Waals surface area contributed by atoms with Gasteiger partial charge in [-0.3, -0.25) is 9.59 Å². The first kappa shape index (κ1) is 20.7. The highest BCUT2D eigenvalue weighted by molar-refractivity contribution is 6.22. The van der Waals surface area contributed by atoms with Gasteiger partial charge in [-0.25, -0.2) is 9.69 Å². The number of benzene rings is 2. The average Bonchev–Trinajstić information content (AvgIpc) is 2.98. The molecule has 2 amide bonds. The molecule has 1 aliphatic rings. The van der Waals surface area contributed by atoms with Crippen molar-refractivity contribution in [3.63, 3.8) is 0 Å². The molecule has 0 radical (unpaired) electrons. The summed E-state index contributed by atoms with van der Waals surface area (Å²) in [5.74, 6) is -1.50. The van der Waals surface area contributed by atoms with Gasteiger partial charge in [0, 0.05) is 13.0 Å². The highest BCUT2D eigenvalue weighted by Gasteiger charge is 2.40. The van der Waals surface area contributed by atoms with Crippen LogP contribution < -0.4 is 4.90 Å². The van der Waals surface area contributed by atoms with Crippen LogP contribution in [0, 0.1) is 5.92 Å². The first-order chi connectivity index (χ1) is 14.0. The molecule has 6 heteroatoms. The van der Waals surface area contributed by atoms with E-state index in [1.54, 1.807) is 24.3 Å². The number of imide groups is 1. The number of para-hydroxylation sites is 1. The third kappa shape index (κ3) is 5.09. The van der Waals surface area contributed by atoms with E-state index in [9.17, 15) is 14.4 Å². The number of anilines is 1. The number of nitrogens with zero attached hydrogens (tertiary/aromatic N) is 2. The predicted molar refractivity (Wildman–Crippen MR) is 111 cm³/mol. The molecular formula is C23H26N2O4. The minimum atomic E-state index is -0.522. The van der Waals surface area contributed by atoms with Crippen molar-refractivity contribution in [2.24, 2.45) is 5.92 Å². The molecule has 1 atom stereocenters. The third-order valence-corrected chi connectivity index (χ3v) is 4.91. The second-order valence-corrected chi connectivity index (χ2v) is 7.47. The Morgan fingerprint density at radius 1 is 1.07 bits per heavy atom. The molecule has 1 heterocycles. The maximum Gasteiger partial charge on any atom is 0.340 e. The molecule has 6 nitrogen and oxygen atoms in total. The van der Waals surface area contributed by atoms with Gasteiger partial charge in [0.05, 0.1) is 23.8 Å². The van der Waals surface area contributed by atoms with Gasteiger partial charge in [-0.15, -0.1) is 0 Å². The van der Waals surface area contributed by atoms with Crippen LogP contribution in [0.4, 0.5) is 5.69 Å². The van der Waals surface area contributed by atoms with Crippen molar-refractivity contribution < 1.29 is 19.1 Å². The van der Waals surface area contributed by atoms with Crippen LogP contribution in [0.15, 0.2) is 54.6 Å².